The summed E-state index contributed by atoms with van der Waals surface area (Å²) in [6, 6.07) is 10.1. The fourth-order valence-electron chi connectivity index (χ4n) is 2.59. The number of sulfonamides is 1. The van der Waals surface area contributed by atoms with Crippen LogP contribution in [0.15, 0.2) is 58.0 Å². The molecule has 2 amide bonds. The number of esters is 1. The van der Waals surface area contributed by atoms with Gasteiger partial charge < -0.3 is 19.8 Å². The van der Waals surface area contributed by atoms with Crippen LogP contribution in [0.2, 0.25) is 0 Å². The monoisotopic (exact) mass is 477 g/mol. The molecule has 12 heteroatoms. The van der Waals surface area contributed by atoms with E-state index in [9.17, 15) is 22.8 Å². The first-order valence-electron chi connectivity index (χ1n) is 9.14. The highest BCUT2D eigenvalue weighted by atomic mass is 32.2. The molecule has 0 saturated heterocycles. The number of thiophene rings is 1. The lowest BCUT2D eigenvalue weighted by molar-refractivity contribution is -0.123. The number of primary sulfonamides is 1. The quantitative estimate of drug-likeness (QED) is 0.441. The molecule has 4 N–H and O–H groups in total. The maximum absolute atomic E-state index is 12.5. The van der Waals surface area contributed by atoms with E-state index < -0.39 is 33.9 Å². The lowest BCUT2D eigenvalue weighted by Crippen LogP contribution is -2.30. The summed E-state index contributed by atoms with van der Waals surface area (Å²) in [5, 5.41) is 10.6. The van der Waals surface area contributed by atoms with E-state index in [1.54, 1.807) is 19.1 Å². The van der Waals surface area contributed by atoms with Crippen molar-refractivity contribution < 1.29 is 32.0 Å². The Labute approximate surface area is 187 Å². The molecule has 2 heterocycles. The fraction of sp³-hybridized carbons (Fsp3) is 0.150. The van der Waals surface area contributed by atoms with Gasteiger partial charge in [0.15, 0.2) is 11.9 Å². The van der Waals surface area contributed by atoms with Crippen LogP contribution in [0, 0.1) is 6.92 Å². The van der Waals surface area contributed by atoms with Gasteiger partial charge in [-0.3, -0.25) is 9.59 Å². The van der Waals surface area contributed by atoms with Crippen molar-refractivity contribution in [3.63, 3.8) is 0 Å². The minimum atomic E-state index is -3.93. The number of anilines is 2. The van der Waals surface area contributed by atoms with E-state index in [0.29, 0.717) is 10.6 Å². The second-order valence-corrected chi connectivity index (χ2v) is 9.28. The number of benzene rings is 1. The Bertz CT molecular complexity index is 1260. The van der Waals surface area contributed by atoms with E-state index in [1.165, 1.54) is 43.5 Å². The van der Waals surface area contributed by atoms with Crippen LogP contribution in [0.1, 0.15) is 32.7 Å². The van der Waals surface area contributed by atoms with Crippen molar-refractivity contribution in [3.05, 3.63) is 64.9 Å². The molecule has 3 rings (SSSR count). The van der Waals surface area contributed by atoms with Crippen LogP contribution in [-0.4, -0.2) is 32.3 Å². The molecule has 0 aliphatic rings. The van der Waals surface area contributed by atoms with Gasteiger partial charge in [-0.2, -0.15) is 0 Å². The summed E-state index contributed by atoms with van der Waals surface area (Å²) in [5.41, 5.74) is 0.739. The molecule has 2 aromatic heterocycles. The van der Waals surface area contributed by atoms with E-state index in [4.69, 9.17) is 14.3 Å². The summed E-state index contributed by atoms with van der Waals surface area (Å²) >= 11 is 0.995. The average molecular weight is 478 g/mol. The molecule has 0 fully saturated rings. The topological polar surface area (TPSA) is 158 Å². The third kappa shape index (κ3) is 5.60. The summed E-state index contributed by atoms with van der Waals surface area (Å²) in [4.78, 5) is 37.0. The van der Waals surface area contributed by atoms with E-state index in [1.807, 2.05) is 0 Å². The minimum Gasteiger partial charge on any atom is -0.459 e. The number of ether oxygens (including phenoxy) is 1. The van der Waals surface area contributed by atoms with Crippen LogP contribution in [0.4, 0.5) is 10.7 Å². The van der Waals surface area contributed by atoms with Crippen molar-refractivity contribution in [1.29, 1.82) is 0 Å². The summed E-state index contributed by atoms with van der Waals surface area (Å²) in [6.45, 7) is 3.04. The standard InChI is InChI=1S/C20H19N3O7S2/c1-11-9-16(23-19(25)15-7-4-8-29-15)31-17(11)20(26)30-12(2)18(24)22-13-5-3-6-14(10-13)32(21,27)28/h3-10,12H,1-2H3,(H,22,24)(H,23,25)(H2,21,27,28). The normalized spacial score (nSPS) is 12.1. The number of carbonyl (C=O) groups excluding carboxylic acids is 3. The highest BCUT2D eigenvalue weighted by Gasteiger charge is 2.23. The molecule has 1 atom stereocenters. The maximum Gasteiger partial charge on any atom is 0.349 e. The van der Waals surface area contributed by atoms with Crippen molar-refractivity contribution in [2.75, 3.05) is 10.6 Å². The van der Waals surface area contributed by atoms with Crippen molar-refractivity contribution in [2.24, 2.45) is 5.14 Å². The maximum atomic E-state index is 12.5. The van der Waals surface area contributed by atoms with E-state index in [0.717, 1.165) is 11.3 Å². The van der Waals surface area contributed by atoms with Crippen LogP contribution in [0.25, 0.3) is 0 Å². The number of amides is 2. The SMILES string of the molecule is Cc1cc(NC(=O)c2ccco2)sc1C(=O)OC(C)C(=O)Nc1cccc(S(N)(=O)=O)c1. The van der Waals surface area contributed by atoms with Gasteiger partial charge >= 0.3 is 5.97 Å². The van der Waals surface area contributed by atoms with E-state index in [-0.39, 0.29) is 21.2 Å². The lowest BCUT2D eigenvalue weighted by Gasteiger charge is -2.13. The average Bonchev–Trinajstić information content (AvgIpc) is 3.37. The zero-order valence-corrected chi connectivity index (χ0v) is 18.6. The number of hydrogen-bond acceptors (Lipinski definition) is 8. The van der Waals surface area contributed by atoms with Crippen molar-refractivity contribution >= 4 is 49.8 Å². The van der Waals surface area contributed by atoms with Gasteiger partial charge in [-0.15, -0.1) is 11.3 Å². The Balaban J connectivity index is 1.63. The number of nitrogens with one attached hydrogen (secondary N) is 2. The zero-order chi connectivity index (χ0) is 23.5. The number of aryl methyl sites for hydroxylation is 1. The number of hydrogen-bond donors (Lipinski definition) is 3. The summed E-state index contributed by atoms with van der Waals surface area (Å²) in [6.07, 6.45) is 0.193. The molecule has 0 spiro atoms. The van der Waals surface area contributed by atoms with Crippen LogP contribution in [-0.2, 0) is 19.6 Å². The molecule has 0 aliphatic heterocycles. The minimum absolute atomic E-state index is 0.122. The van der Waals surface area contributed by atoms with Gasteiger partial charge in [-0.1, -0.05) is 6.07 Å². The number of nitrogens with two attached hydrogens (primary N) is 1. The summed E-state index contributed by atoms with van der Waals surface area (Å²) in [5.74, 6) is -1.75. The van der Waals surface area contributed by atoms with Gasteiger partial charge in [0.1, 0.15) is 4.88 Å². The highest BCUT2D eigenvalue weighted by Crippen LogP contribution is 2.28. The van der Waals surface area contributed by atoms with Crippen LogP contribution < -0.4 is 15.8 Å². The van der Waals surface area contributed by atoms with Crippen molar-refractivity contribution in [2.45, 2.75) is 24.8 Å². The molecule has 1 unspecified atom stereocenters. The van der Waals surface area contributed by atoms with E-state index in [2.05, 4.69) is 10.6 Å². The van der Waals surface area contributed by atoms with Crippen LogP contribution in [0.5, 0.6) is 0 Å². The van der Waals surface area contributed by atoms with Gasteiger partial charge in [0.25, 0.3) is 11.8 Å². The summed E-state index contributed by atoms with van der Waals surface area (Å²) in [7, 11) is -3.93. The first kappa shape index (κ1) is 23.2. The van der Waals surface area contributed by atoms with Crippen molar-refractivity contribution in [3.8, 4) is 0 Å². The Kier molecular flexibility index (Phi) is 6.77. The smallest absolute Gasteiger partial charge is 0.349 e. The van der Waals surface area contributed by atoms with Gasteiger partial charge in [-0.25, -0.2) is 18.4 Å². The zero-order valence-electron chi connectivity index (χ0n) is 16.9. The molecule has 168 valence electrons. The number of carbonyl (C=O) groups is 3. The highest BCUT2D eigenvalue weighted by molar-refractivity contribution is 7.89. The van der Waals surface area contributed by atoms with Gasteiger partial charge in [-0.05, 0) is 55.8 Å². The molecule has 32 heavy (non-hydrogen) atoms. The van der Waals surface area contributed by atoms with Gasteiger partial charge in [0, 0.05) is 5.69 Å². The summed E-state index contributed by atoms with van der Waals surface area (Å²) < 4.78 is 33.1. The fourth-order valence-corrected chi connectivity index (χ4v) is 4.10. The molecule has 0 aliphatic carbocycles. The molecular formula is C20H19N3O7S2. The molecular weight excluding hydrogens is 458 g/mol. The Morgan fingerprint density at radius 1 is 1.12 bits per heavy atom. The molecule has 3 aromatic rings. The van der Waals surface area contributed by atoms with Crippen LogP contribution >= 0.6 is 11.3 Å². The third-order valence-corrected chi connectivity index (χ3v) is 6.21. The van der Waals surface area contributed by atoms with Gasteiger partial charge in [0.2, 0.25) is 10.0 Å². The Morgan fingerprint density at radius 2 is 1.88 bits per heavy atom. The Hall–Kier alpha value is -3.48. The second-order valence-electron chi connectivity index (χ2n) is 6.66. The predicted molar refractivity (Wildman–Crippen MR) is 117 cm³/mol. The van der Waals surface area contributed by atoms with Crippen LogP contribution in [0.3, 0.4) is 0 Å². The Morgan fingerprint density at radius 3 is 2.53 bits per heavy atom. The van der Waals surface area contributed by atoms with E-state index >= 15 is 0 Å². The largest absolute Gasteiger partial charge is 0.459 e. The first-order valence-corrected chi connectivity index (χ1v) is 11.5. The first-order chi connectivity index (χ1) is 15.0. The number of rotatable bonds is 7. The third-order valence-electron chi connectivity index (χ3n) is 4.17. The molecule has 0 radical (unpaired) electrons. The molecule has 0 bridgehead atoms. The predicted octanol–water partition coefficient (Wildman–Crippen LogP) is 2.73. The lowest BCUT2D eigenvalue weighted by atomic mass is 10.2. The molecule has 10 nitrogen and oxygen atoms in total. The van der Waals surface area contributed by atoms with Crippen molar-refractivity contribution in [1.82, 2.24) is 0 Å². The molecule has 1 aromatic carbocycles. The molecule has 0 saturated carbocycles. The second kappa shape index (κ2) is 9.34. The number of furan rings is 1. The van der Waals surface area contributed by atoms with Gasteiger partial charge in [0.05, 0.1) is 16.2 Å².